The van der Waals surface area contributed by atoms with Crippen LogP contribution < -0.4 is 10.6 Å². The molecule has 0 aliphatic carbocycles. The third-order valence-corrected chi connectivity index (χ3v) is 3.72. The van der Waals surface area contributed by atoms with E-state index >= 15 is 0 Å². The van der Waals surface area contributed by atoms with E-state index in [1.54, 1.807) is 24.4 Å². The Bertz CT molecular complexity index is 627. The molecule has 21 heavy (non-hydrogen) atoms. The molecule has 0 atom stereocenters. The fourth-order valence-electron chi connectivity index (χ4n) is 2.54. The largest absolute Gasteiger partial charge is 0.508 e. The van der Waals surface area contributed by atoms with Gasteiger partial charge >= 0.3 is 0 Å². The van der Waals surface area contributed by atoms with Crippen LogP contribution in [0.3, 0.4) is 0 Å². The number of nitrogen functional groups attached to an aromatic ring is 1. The standard InChI is InChI=1S/C15H18N4O2/c16-11-9-14(17-10-11)15(21)19-7-5-18(6-8-19)12-1-3-13(20)4-2-12/h1-4,9-10,17,20H,5-8,16H2. The van der Waals surface area contributed by atoms with Gasteiger partial charge in [-0.25, -0.2) is 0 Å². The van der Waals surface area contributed by atoms with Crippen LogP contribution in [0, 0.1) is 0 Å². The molecule has 6 heteroatoms. The minimum Gasteiger partial charge on any atom is -0.508 e. The molecular weight excluding hydrogens is 268 g/mol. The Morgan fingerprint density at radius 1 is 1.14 bits per heavy atom. The zero-order chi connectivity index (χ0) is 14.8. The van der Waals surface area contributed by atoms with E-state index in [0.29, 0.717) is 24.5 Å². The van der Waals surface area contributed by atoms with Crippen LogP contribution in [0.15, 0.2) is 36.5 Å². The Hall–Kier alpha value is -2.63. The van der Waals surface area contributed by atoms with Crippen LogP contribution in [0.5, 0.6) is 5.75 Å². The Labute approximate surface area is 122 Å². The molecule has 1 aromatic carbocycles. The van der Waals surface area contributed by atoms with Gasteiger partial charge in [0.05, 0.1) is 0 Å². The van der Waals surface area contributed by atoms with Crippen LogP contribution in [0.4, 0.5) is 11.4 Å². The molecule has 0 radical (unpaired) electrons. The average molecular weight is 286 g/mol. The molecule has 1 aliphatic heterocycles. The molecule has 3 rings (SSSR count). The van der Waals surface area contributed by atoms with Crippen molar-refractivity contribution in [1.82, 2.24) is 9.88 Å². The molecule has 6 nitrogen and oxygen atoms in total. The fourth-order valence-corrected chi connectivity index (χ4v) is 2.54. The number of phenolic OH excluding ortho intramolecular Hbond substituents is 1. The monoisotopic (exact) mass is 286 g/mol. The second kappa shape index (κ2) is 5.40. The van der Waals surface area contributed by atoms with Crippen LogP contribution in [0.2, 0.25) is 0 Å². The van der Waals surface area contributed by atoms with Crippen molar-refractivity contribution in [3.05, 3.63) is 42.2 Å². The Balaban J connectivity index is 1.62. The highest BCUT2D eigenvalue weighted by Gasteiger charge is 2.23. The quantitative estimate of drug-likeness (QED) is 0.776. The van der Waals surface area contributed by atoms with Crippen LogP contribution in [0.25, 0.3) is 0 Å². The third-order valence-electron chi connectivity index (χ3n) is 3.72. The number of carbonyl (C=O) groups is 1. The number of hydrogen-bond donors (Lipinski definition) is 3. The van der Waals surface area contributed by atoms with Crippen molar-refractivity contribution in [3.8, 4) is 5.75 Å². The van der Waals surface area contributed by atoms with E-state index in [4.69, 9.17) is 5.73 Å². The Morgan fingerprint density at radius 2 is 1.81 bits per heavy atom. The van der Waals surface area contributed by atoms with Gasteiger partial charge < -0.3 is 25.6 Å². The van der Waals surface area contributed by atoms with Crippen molar-refractivity contribution >= 4 is 17.3 Å². The maximum Gasteiger partial charge on any atom is 0.270 e. The molecule has 1 aliphatic rings. The van der Waals surface area contributed by atoms with E-state index in [1.807, 2.05) is 17.0 Å². The minimum absolute atomic E-state index is 0.0166. The van der Waals surface area contributed by atoms with Gasteiger partial charge in [-0.2, -0.15) is 0 Å². The van der Waals surface area contributed by atoms with Crippen molar-refractivity contribution in [3.63, 3.8) is 0 Å². The number of aromatic hydroxyl groups is 1. The number of anilines is 2. The zero-order valence-electron chi connectivity index (χ0n) is 11.6. The SMILES string of the molecule is Nc1c[nH]c(C(=O)N2CCN(c3ccc(O)cc3)CC2)c1. The lowest BCUT2D eigenvalue weighted by Crippen LogP contribution is -2.48. The molecular formula is C15H18N4O2. The number of nitrogens with zero attached hydrogens (tertiary/aromatic N) is 2. The van der Waals surface area contributed by atoms with Crippen molar-refractivity contribution in [2.24, 2.45) is 0 Å². The number of amides is 1. The number of carbonyl (C=O) groups excluding carboxylic acids is 1. The molecule has 0 spiro atoms. The van der Waals surface area contributed by atoms with Gasteiger partial charge in [0.1, 0.15) is 11.4 Å². The van der Waals surface area contributed by atoms with Gasteiger partial charge in [-0.1, -0.05) is 0 Å². The summed E-state index contributed by atoms with van der Waals surface area (Å²) in [6.45, 7) is 2.87. The molecule has 1 saturated heterocycles. The van der Waals surface area contributed by atoms with Gasteiger partial charge in [-0.3, -0.25) is 4.79 Å². The van der Waals surface area contributed by atoms with Crippen LogP contribution in [0.1, 0.15) is 10.5 Å². The molecule has 1 amide bonds. The Kier molecular flexibility index (Phi) is 3.43. The first-order valence-electron chi connectivity index (χ1n) is 6.90. The predicted molar refractivity (Wildman–Crippen MR) is 81.4 cm³/mol. The minimum atomic E-state index is -0.0166. The first kappa shape index (κ1) is 13.4. The number of hydrogen-bond acceptors (Lipinski definition) is 4. The van der Waals surface area contributed by atoms with Gasteiger partial charge in [0.15, 0.2) is 0 Å². The second-order valence-corrected chi connectivity index (χ2v) is 5.14. The highest BCUT2D eigenvalue weighted by atomic mass is 16.3. The van der Waals surface area contributed by atoms with Gasteiger partial charge in [-0.05, 0) is 30.3 Å². The predicted octanol–water partition coefficient (Wildman–Crippen LogP) is 1.26. The summed E-state index contributed by atoms with van der Waals surface area (Å²) in [5, 5.41) is 9.31. The molecule has 0 saturated carbocycles. The smallest absolute Gasteiger partial charge is 0.270 e. The number of aromatic amines is 1. The number of piperazine rings is 1. The average Bonchev–Trinajstić information content (AvgIpc) is 2.94. The fraction of sp³-hybridized carbons (Fsp3) is 0.267. The molecule has 0 bridgehead atoms. The van der Waals surface area contributed by atoms with Gasteiger partial charge in [0.25, 0.3) is 5.91 Å². The number of phenols is 1. The summed E-state index contributed by atoms with van der Waals surface area (Å²) in [6.07, 6.45) is 1.62. The number of H-pyrrole nitrogens is 1. The molecule has 2 heterocycles. The number of benzene rings is 1. The summed E-state index contributed by atoms with van der Waals surface area (Å²) in [4.78, 5) is 19.2. The lowest BCUT2D eigenvalue weighted by Gasteiger charge is -2.36. The van der Waals surface area contributed by atoms with E-state index < -0.39 is 0 Å². The first-order valence-corrected chi connectivity index (χ1v) is 6.90. The summed E-state index contributed by atoms with van der Waals surface area (Å²) in [5.41, 5.74) is 7.79. The molecule has 110 valence electrons. The highest BCUT2D eigenvalue weighted by molar-refractivity contribution is 5.93. The Morgan fingerprint density at radius 3 is 2.38 bits per heavy atom. The number of rotatable bonds is 2. The zero-order valence-corrected chi connectivity index (χ0v) is 11.6. The van der Waals surface area contributed by atoms with E-state index in [-0.39, 0.29) is 11.7 Å². The molecule has 1 aromatic heterocycles. The summed E-state index contributed by atoms with van der Waals surface area (Å²) in [6, 6.07) is 8.79. The van der Waals surface area contributed by atoms with E-state index in [1.165, 1.54) is 0 Å². The molecule has 2 aromatic rings. The maximum absolute atomic E-state index is 12.3. The molecule has 4 N–H and O–H groups in total. The van der Waals surface area contributed by atoms with E-state index in [9.17, 15) is 9.90 Å². The molecule has 1 fully saturated rings. The summed E-state index contributed by atoms with van der Waals surface area (Å²) < 4.78 is 0. The van der Waals surface area contributed by atoms with Crippen LogP contribution in [-0.4, -0.2) is 47.1 Å². The summed E-state index contributed by atoms with van der Waals surface area (Å²) in [5.74, 6) is 0.244. The van der Waals surface area contributed by atoms with Gasteiger partial charge in [0.2, 0.25) is 0 Å². The van der Waals surface area contributed by atoms with Crippen molar-refractivity contribution in [2.75, 3.05) is 36.8 Å². The van der Waals surface area contributed by atoms with Crippen molar-refractivity contribution < 1.29 is 9.90 Å². The lowest BCUT2D eigenvalue weighted by molar-refractivity contribution is 0.0741. The first-order chi connectivity index (χ1) is 10.1. The third kappa shape index (κ3) is 2.79. The summed E-state index contributed by atoms with van der Waals surface area (Å²) >= 11 is 0. The lowest BCUT2D eigenvalue weighted by atomic mass is 10.2. The van der Waals surface area contributed by atoms with Crippen LogP contribution in [-0.2, 0) is 0 Å². The highest BCUT2D eigenvalue weighted by Crippen LogP contribution is 2.20. The normalized spacial score (nSPS) is 15.2. The van der Waals surface area contributed by atoms with Gasteiger partial charge in [-0.15, -0.1) is 0 Å². The second-order valence-electron chi connectivity index (χ2n) is 5.14. The topological polar surface area (TPSA) is 85.6 Å². The van der Waals surface area contributed by atoms with Crippen molar-refractivity contribution in [1.29, 1.82) is 0 Å². The van der Waals surface area contributed by atoms with Crippen molar-refractivity contribution in [2.45, 2.75) is 0 Å². The number of aromatic nitrogens is 1. The molecule has 0 unspecified atom stereocenters. The number of nitrogens with two attached hydrogens (primary N) is 1. The maximum atomic E-state index is 12.3. The van der Waals surface area contributed by atoms with Crippen LogP contribution >= 0.6 is 0 Å². The van der Waals surface area contributed by atoms with E-state index in [0.717, 1.165) is 18.8 Å². The van der Waals surface area contributed by atoms with Gasteiger partial charge in [0, 0.05) is 43.8 Å². The van der Waals surface area contributed by atoms with E-state index in [2.05, 4.69) is 9.88 Å². The summed E-state index contributed by atoms with van der Waals surface area (Å²) in [7, 11) is 0. The number of nitrogens with one attached hydrogen (secondary N) is 1.